The van der Waals surface area contributed by atoms with Gasteiger partial charge in [-0.1, -0.05) is 18.2 Å². The number of nitrogen functional groups attached to an aromatic ring is 1. The normalized spacial score (nSPS) is 18.3. The molecule has 0 amide bonds. The van der Waals surface area contributed by atoms with E-state index in [2.05, 4.69) is 33.1 Å². The van der Waals surface area contributed by atoms with Gasteiger partial charge in [-0.3, -0.25) is 19.8 Å². The van der Waals surface area contributed by atoms with Crippen molar-refractivity contribution < 1.29 is 22.9 Å². The SMILES string of the molecule is CCOC(=O)CCN(CC1C=C(CN2CCCC2)C=CC1)c1nc(S(C)(=O)=O)nc(N)c1[N+](=O)[O-]. The summed E-state index contributed by atoms with van der Waals surface area (Å²) in [5, 5.41) is 11.2. The third-order valence-electron chi connectivity index (χ3n) is 5.86. The fraction of sp³-hybridized carbons (Fsp3) is 0.591. The lowest BCUT2D eigenvalue weighted by molar-refractivity contribution is -0.383. The van der Waals surface area contributed by atoms with Crippen LogP contribution in [0.15, 0.2) is 29.0 Å². The van der Waals surface area contributed by atoms with Crippen molar-refractivity contribution in [2.24, 2.45) is 5.92 Å². The van der Waals surface area contributed by atoms with Gasteiger partial charge in [0.2, 0.25) is 21.5 Å². The largest absolute Gasteiger partial charge is 0.466 e. The van der Waals surface area contributed by atoms with Gasteiger partial charge in [-0.25, -0.2) is 8.42 Å². The number of carbonyl (C=O) groups excluding carboxylic acids is 1. The van der Waals surface area contributed by atoms with Crippen molar-refractivity contribution in [2.75, 3.05) is 56.2 Å². The van der Waals surface area contributed by atoms with Crippen LogP contribution >= 0.6 is 0 Å². The molecular formula is C22H32N6O6S. The number of nitro groups is 1. The fourth-order valence-electron chi connectivity index (χ4n) is 4.28. The number of nitrogens with zero attached hydrogens (tertiary/aromatic N) is 5. The van der Waals surface area contributed by atoms with E-state index >= 15 is 0 Å². The Morgan fingerprint density at radius 1 is 1.34 bits per heavy atom. The Labute approximate surface area is 204 Å². The molecule has 12 nitrogen and oxygen atoms in total. The summed E-state index contributed by atoms with van der Waals surface area (Å²) in [6.07, 6.45) is 10.2. The highest BCUT2D eigenvalue weighted by atomic mass is 32.2. The second-order valence-corrected chi connectivity index (χ2v) is 10.6. The third-order valence-corrected chi connectivity index (χ3v) is 6.70. The van der Waals surface area contributed by atoms with E-state index in [1.54, 1.807) is 6.92 Å². The maximum Gasteiger partial charge on any atom is 0.353 e. The first-order chi connectivity index (χ1) is 16.6. The molecule has 1 aliphatic heterocycles. The summed E-state index contributed by atoms with van der Waals surface area (Å²) in [6, 6.07) is 0. The van der Waals surface area contributed by atoms with Gasteiger partial charge in [-0.15, -0.1) is 0 Å². The minimum absolute atomic E-state index is 0.0303. The molecule has 2 heterocycles. The van der Waals surface area contributed by atoms with Crippen LogP contribution in [0.25, 0.3) is 0 Å². The number of rotatable bonds is 11. The number of hydrogen-bond acceptors (Lipinski definition) is 11. The number of esters is 1. The van der Waals surface area contributed by atoms with Crippen LogP contribution in [-0.2, 0) is 19.4 Å². The fourth-order valence-corrected chi connectivity index (χ4v) is 4.80. The Morgan fingerprint density at radius 2 is 2.06 bits per heavy atom. The molecule has 3 rings (SSSR count). The van der Waals surface area contributed by atoms with Gasteiger partial charge in [0.05, 0.1) is 18.0 Å². The smallest absolute Gasteiger partial charge is 0.353 e. The molecule has 192 valence electrons. The third kappa shape index (κ3) is 7.21. The molecule has 1 aliphatic carbocycles. The van der Waals surface area contributed by atoms with Crippen LogP contribution in [0.3, 0.4) is 0 Å². The molecule has 0 saturated carbocycles. The summed E-state index contributed by atoms with van der Waals surface area (Å²) >= 11 is 0. The lowest BCUT2D eigenvalue weighted by Gasteiger charge is -2.28. The van der Waals surface area contributed by atoms with Gasteiger partial charge >= 0.3 is 11.7 Å². The highest BCUT2D eigenvalue weighted by Gasteiger charge is 2.31. The highest BCUT2D eigenvalue weighted by molar-refractivity contribution is 7.90. The van der Waals surface area contributed by atoms with E-state index in [1.165, 1.54) is 17.7 Å². The highest BCUT2D eigenvalue weighted by Crippen LogP contribution is 2.33. The second kappa shape index (κ2) is 11.6. The number of carbonyl (C=O) groups is 1. The number of nitrogens with two attached hydrogens (primary N) is 1. The average Bonchev–Trinajstić information content (AvgIpc) is 3.28. The molecular weight excluding hydrogens is 476 g/mol. The van der Waals surface area contributed by atoms with Crippen LogP contribution in [0.1, 0.15) is 32.6 Å². The summed E-state index contributed by atoms with van der Waals surface area (Å²) in [6.45, 7) is 5.14. The van der Waals surface area contributed by atoms with E-state index < -0.39 is 37.4 Å². The van der Waals surface area contributed by atoms with Gasteiger partial charge < -0.3 is 15.4 Å². The molecule has 1 fully saturated rings. The zero-order valence-corrected chi connectivity index (χ0v) is 20.9. The van der Waals surface area contributed by atoms with E-state index in [1.807, 2.05) is 0 Å². The first-order valence-corrected chi connectivity index (χ1v) is 13.5. The number of likely N-dealkylation sites (tertiary alicyclic amines) is 1. The molecule has 2 N–H and O–H groups in total. The minimum atomic E-state index is -3.89. The van der Waals surface area contributed by atoms with E-state index in [9.17, 15) is 23.3 Å². The van der Waals surface area contributed by atoms with Gasteiger partial charge in [-0.05, 0) is 50.8 Å². The zero-order chi connectivity index (χ0) is 25.6. The van der Waals surface area contributed by atoms with Crippen molar-refractivity contribution in [3.8, 4) is 0 Å². The maximum absolute atomic E-state index is 12.1. The van der Waals surface area contributed by atoms with Gasteiger partial charge in [0.15, 0.2) is 0 Å². The first-order valence-electron chi connectivity index (χ1n) is 11.6. The van der Waals surface area contributed by atoms with Crippen LogP contribution in [0.5, 0.6) is 0 Å². The van der Waals surface area contributed by atoms with Crippen molar-refractivity contribution >= 4 is 33.1 Å². The van der Waals surface area contributed by atoms with E-state index in [-0.39, 0.29) is 37.9 Å². The Kier molecular flexibility index (Phi) is 8.78. The summed E-state index contributed by atoms with van der Waals surface area (Å²) in [7, 11) is -3.89. The lowest BCUT2D eigenvalue weighted by atomic mass is 9.95. The second-order valence-electron chi connectivity index (χ2n) is 8.72. The number of hydrogen-bond donors (Lipinski definition) is 1. The van der Waals surface area contributed by atoms with Crippen LogP contribution < -0.4 is 10.6 Å². The van der Waals surface area contributed by atoms with Gasteiger partial charge in [0.1, 0.15) is 0 Å². The number of sulfone groups is 1. The van der Waals surface area contributed by atoms with Crippen molar-refractivity contribution in [3.05, 3.63) is 33.9 Å². The topological polar surface area (TPSA) is 162 Å². The Balaban J connectivity index is 1.94. The van der Waals surface area contributed by atoms with Crippen LogP contribution in [0, 0.1) is 16.0 Å². The van der Waals surface area contributed by atoms with Crippen molar-refractivity contribution in [1.82, 2.24) is 14.9 Å². The molecule has 35 heavy (non-hydrogen) atoms. The Hall–Kier alpha value is -3.06. The van der Waals surface area contributed by atoms with Gasteiger partial charge in [0.25, 0.3) is 5.16 Å². The van der Waals surface area contributed by atoms with Crippen molar-refractivity contribution in [2.45, 2.75) is 37.8 Å². The summed E-state index contributed by atoms with van der Waals surface area (Å²) in [4.78, 5) is 34.7. The molecule has 1 aromatic heterocycles. The summed E-state index contributed by atoms with van der Waals surface area (Å²) in [5.41, 5.74) is 6.37. The molecule has 1 saturated heterocycles. The predicted octanol–water partition coefficient (Wildman–Crippen LogP) is 1.73. The molecule has 0 spiro atoms. The molecule has 0 aromatic carbocycles. The van der Waals surface area contributed by atoms with Crippen LogP contribution in [0.2, 0.25) is 0 Å². The standard InChI is InChI=1S/C22H32N6O6S/c1-3-34-18(29)9-12-27(15-17-8-6-7-16(13-17)14-26-10-4-5-11-26)21-19(28(30)31)20(23)24-22(25-21)35(2,32)33/h6-7,13,17H,3-5,8-12,14-15H2,1-2H3,(H2,23,24,25). The Morgan fingerprint density at radius 3 is 2.69 bits per heavy atom. The van der Waals surface area contributed by atoms with E-state index in [0.29, 0.717) is 6.42 Å². The van der Waals surface area contributed by atoms with Crippen molar-refractivity contribution in [3.63, 3.8) is 0 Å². The quantitative estimate of drug-likeness (QED) is 0.200. The molecule has 13 heteroatoms. The molecule has 1 unspecified atom stereocenters. The van der Waals surface area contributed by atoms with E-state index in [4.69, 9.17) is 10.5 Å². The van der Waals surface area contributed by atoms with Crippen LogP contribution in [0.4, 0.5) is 17.3 Å². The minimum Gasteiger partial charge on any atom is -0.466 e. The zero-order valence-electron chi connectivity index (χ0n) is 20.1. The monoisotopic (exact) mass is 508 g/mol. The Bertz CT molecular complexity index is 1110. The number of allylic oxidation sites excluding steroid dienone is 1. The predicted molar refractivity (Wildman–Crippen MR) is 131 cm³/mol. The summed E-state index contributed by atoms with van der Waals surface area (Å²) in [5.74, 6) is -1.27. The first kappa shape index (κ1) is 26.5. The molecule has 0 radical (unpaired) electrons. The van der Waals surface area contributed by atoms with E-state index in [0.717, 1.165) is 31.5 Å². The molecule has 1 aromatic rings. The van der Waals surface area contributed by atoms with Crippen molar-refractivity contribution in [1.29, 1.82) is 0 Å². The number of anilines is 2. The van der Waals surface area contributed by atoms with Crippen LogP contribution in [-0.4, -0.2) is 79.8 Å². The average molecular weight is 509 g/mol. The molecule has 2 aliphatic rings. The maximum atomic E-state index is 12.1. The number of ether oxygens (including phenoxy) is 1. The van der Waals surface area contributed by atoms with Gasteiger partial charge in [-0.2, -0.15) is 9.97 Å². The summed E-state index contributed by atoms with van der Waals surface area (Å²) < 4.78 is 29.3. The lowest BCUT2D eigenvalue weighted by Crippen LogP contribution is -2.34. The molecule has 1 atom stereocenters. The molecule has 0 bridgehead atoms. The number of aromatic nitrogens is 2. The van der Waals surface area contributed by atoms with Gasteiger partial charge in [0, 0.05) is 25.9 Å².